The van der Waals surface area contributed by atoms with Crippen molar-refractivity contribution in [1.82, 2.24) is 5.43 Å². The van der Waals surface area contributed by atoms with Crippen molar-refractivity contribution in [2.45, 2.75) is 6.18 Å². The Kier molecular flexibility index (Phi) is 5.92. The molecule has 0 heterocycles. The zero-order chi connectivity index (χ0) is 18.4. The molecule has 9 heteroatoms. The summed E-state index contributed by atoms with van der Waals surface area (Å²) in [6.07, 6.45) is -3.32. The number of alkyl halides is 3. The fourth-order valence-corrected chi connectivity index (χ4v) is 2.11. The van der Waals surface area contributed by atoms with E-state index < -0.39 is 17.6 Å². The summed E-state index contributed by atoms with van der Waals surface area (Å²) in [6.45, 7) is 0. The molecule has 0 saturated carbocycles. The molecule has 0 aromatic heterocycles. The van der Waals surface area contributed by atoms with Crippen LogP contribution >= 0.6 is 12.2 Å². The highest BCUT2D eigenvalue weighted by Gasteiger charge is 2.34. The minimum absolute atomic E-state index is 0.178. The van der Waals surface area contributed by atoms with Gasteiger partial charge in [-0.3, -0.25) is 5.43 Å². The maximum absolute atomic E-state index is 13.1. The molecule has 4 nitrogen and oxygen atoms in total. The summed E-state index contributed by atoms with van der Waals surface area (Å²) in [4.78, 5) is 0. The van der Waals surface area contributed by atoms with Gasteiger partial charge in [0.1, 0.15) is 11.6 Å². The van der Waals surface area contributed by atoms with Crippen LogP contribution in [0.5, 0.6) is 5.75 Å². The number of thiocarbonyl (C=S) groups is 1. The molecule has 2 aromatic rings. The Labute approximate surface area is 146 Å². The van der Waals surface area contributed by atoms with E-state index in [0.717, 1.165) is 12.1 Å². The van der Waals surface area contributed by atoms with Crippen molar-refractivity contribution in [1.29, 1.82) is 0 Å². The summed E-state index contributed by atoms with van der Waals surface area (Å²) in [7, 11) is 1.50. The third-order valence-electron chi connectivity index (χ3n) is 3.04. The highest BCUT2D eigenvalue weighted by Crippen LogP contribution is 2.35. The van der Waals surface area contributed by atoms with E-state index in [-0.39, 0.29) is 10.8 Å². The monoisotopic (exact) mass is 371 g/mol. The lowest BCUT2D eigenvalue weighted by Crippen LogP contribution is -2.25. The standard InChI is InChI=1S/C16H13F4N3OS/c1-24-14-5-3-2-4-10(14)9-21-23-15(25)22-13-7-6-11(17)8-12(13)16(18,19)20/h2-9H,1H3,(H2,22,23,25)/b21-9+. The number of nitrogens with zero attached hydrogens (tertiary/aromatic N) is 1. The van der Waals surface area contributed by atoms with Gasteiger partial charge in [-0.15, -0.1) is 0 Å². The Bertz CT molecular complexity index is 793. The number of nitrogens with one attached hydrogen (secondary N) is 2. The van der Waals surface area contributed by atoms with Gasteiger partial charge in [-0.1, -0.05) is 12.1 Å². The molecule has 0 amide bonds. The number of para-hydroxylation sites is 1. The molecule has 0 aliphatic heterocycles. The lowest BCUT2D eigenvalue weighted by molar-refractivity contribution is -0.137. The number of hydrazone groups is 1. The summed E-state index contributed by atoms with van der Waals surface area (Å²) < 4.78 is 57.0. The molecular weight excluding hydrogens is 358 g/mol. The minimum Gasteiger partial charge on any atom is -0.496 e. The van der Waals surface area contributed by atoms with Crippen molar-refractivity contribution in [3.05, 3.63) is 59.4 Å². The SMILES string of the molecule is COc1ccccc1/C=N/NC(=S)Nc1ccc(F)cc1C(F)(F)F. The van der Waals surface area contributed by atoms with Crippen LogP contribution < -0.4 is 15.5 Å². The van der Waals surface area contributed by atoms with Crippen molar-refractivity contribution in [2.75, 3.05) is 12.4 Å². The fraction of sp³-hybridized carbons (Fsp3) is 0.125. The van der Waals surface area contributed by atoms with Crippen LogP contribution in [0.25, 0.3) is 0 Å². The summed E-state index contributed by atoms with van der Waals surface area (Å²) in [6, 6.07) is 9.27. The molecule has 2 N–H and O–H groups in total. The zero-order valence-electron chi connectivity index (χ0n) is 12.9. The normalized spacial score (nSPS) is 11.4. The summed E-state index contributed by atoms with van der Waals surface area (Å²) >= 11 is 4.90. The van der Waals surface area contributed by atoms with Crippen LogP contribution in [0.3, 0.4) is 0 Å². The van der Waals surface area contributed by atoms with Crippen LogP contribution in [0.4, 0.5) is 23.2 Å². The smallest absolute Gasteiger partial charge is 0.418 e. The fourth-order valence-electron chi connectivity index (χ4n) is 1.94. The van der Waals surface area contributed by atoms with Gasteiger partial charge in [0.2, 0.25) is 0 Å². The second kappa shape index (κ2) is 7.93. The molecule has 0 radical (unpaired) electrons. The predicted molar refractivity (Wildman–Crippen MR) is 91.3 cm³/mol. The Morgan fingerprint density at radius 1 is 1.20 bits per heavy atom. The number of rotatable bonds is 4. The third-order valence-corrected chi connectivity index (χ3v) is 3.24. The van der Waals surface area contributed by atoms with E-state index >= 15 is 0 Å². The average Bonchev–Trinajstić information content (AvgIpc) is 2.56. The molecule has 132 valence electrons. The summed E-state index contributed by atoms with van der Waals surface area (Å²) in [5.74, 6) is -0.421. The minimum atomic E-state index is -4.72. The Hall–Kier alpha value is -2.68. The van der Waals surface area contributed by atoms with E-state index in [4.69, 9.17) is 17.0 Å². The second-order valence-corrected chi connectivity index (χ2v) is 5.16. The van der Waals surface area contributed by atoms with Crippen molar-refractivity contribution in [3.8, 4) is 5.75 Å². The van der Waals surface area contributed by atoms with Crippen LogP contribution in [0.2, 0.25) is 0 Å². The first-order valence-electron chi connectivity index (χ1n) is 6.91. The van der Waals surface area contributed by atoms with E-state index in [1.165, 1.54) is 13.3 Å². The maximum Gasteiger partial charge on any atom is 0.418 e. The number of halogens is 4. The molecule has 2 rings (SSSR count). The lowest BCUT2D eigenvalue weighted by Gasteiger charge is -2.14. The first-order chi connectivity index (χ1) is 11.8. The quantitative estimate of drug-likeness (QED) is 0.366. The number of methoxy groups -OCH3 is 1. The van der Waals surface area contributed by atoms with Crippen LogP contribution in [0.15, 0.2) is 47.6 Å². The Balaban J connectivity index is 2.07. The zero-order valence-corrected chi connectivity index (χ0v) is 13.7. The van der Waals surface area contributed by atoms with E-state index in [1.54, 1.807) is 24.3 Å². The van der Waals surface area contributed by atoms with E-state index in [2.05, 4.69) is 15.8 Å². The van der Waals surface area contributed by atoms with Gasteiger partial charge >= 0.3 is 6.18 Å². The van der Waals surface area contributed by atoms with Gasteiger partial charge in [0.05, 0.1) is 24.6 Å². The van der Waals surface area contributed by atoms with E-state index in [1.807, 2.05) is 0 Å². The molecule has 0 aliphatic rings. The van der Waals surface area contributed by atoms with Gasteiger partial charge in [0.15, 0.2) is 5.11 Å². The lowest BCUT2D eigenvalue weighted by atomic mass is 10.1. The van der Waals surface area contributed by atoms with Gasteiger partial charge < -0.3 is 10.1 Å². The van der Waals surface area contributed by atoms with Crippen LogP contribution in [-0.4, -0.2) is 18.4 Å². The summed E-state index contributed by atoms with van der Waals surface area (Å²) in [5, 5.41) is 6.01. The largest absolute Gasteiger partial charge is 0.496 e. The van der Waals surface area contributed by atoms with Gasteiger partial charge in [0, 0.05) is 5.56 Å². The molecule has 25 heavy (non-hydrogen) atoms. The molecule has 0 atom stereocenters. The molecule has 0 bridgehead atoms. The first kappa shape index (κ1) is 18.7. The molecule has 0 fully saturated rings. The number of hydrogen-bond acceptors (Lipinski definition) is 3. The Morgan fingerprint density at radius 3 is 2.60 bits per heavy atom. The first-order valence-corrected chi connectivity index (χ1v) is 7.32. The van der Waals surface area contributed by atoms with Crippen LogP contribution in [-0.2, 0) is 6.18 Å². The van der Waals surface area contributed by atoms with Gasteiger partial charge in [-0.25, -0.2) is 4.39 Å². The number of ether oxygens (including phenoxy) is 1. The number of hydrogen-bond donors (Lipinski definition) is 2. The molecule has 2 aromatic carbocycles. The number of benzene rings is 2. The van der Waals surface area contributed by atoms with E-state index in [9.17, 15) is 17.6 Å². The van der Waals surface area contributed by atoms with Crippen LogP contribution in [0, 0.1) is 5.82 Å². The molecule has 0 unspecified atom stereocenters. The highest BCUT2D eigenvalue weighted by atomic mass is 32.1. The molecule has 0 spiro atoms. The van der Waals surface area contributed by atoms with Crippen molar-refractivity contribution < 1.29 is 22.3 Å². The van der Waals surface area contributed by atoms with Crippen molar-refractivity contribution in [3.63, 3.8) is 0 Å². The maximum atomic E-state index is 13.1. The van der Waals surface area contributed by atoms with Crippen molar-refractivity contribution in [2.24, 2.45) is 5.10 Å². The topological polar surface area (TPSA) is 45.6 Å². The number of anilines is 1. The molecule has 0 saturated heterocycles. The highest BCUT2D eigenvalue weighted by molar-refractivity contribution is 7.80. The van der Waals surface area contributed by atoms with Crippen LogP contribution in [0.1, 0.15) is 11.1 Å². The third kappa shape index (κ3) is 5.15. The second-order valence-electron chi connectivity index (χ2n) is 4.75. The predicted octanol–water partition coefficient (Wildman–Crippen LogP) is 4.17. The average molecular weight is 371 g/mol. The van der Waals surface area contributed by atoms with Gasteiger partial charge in [0.25, 0.3) is 0 Å². The molecular formula is C16H13F4N3OS. The van der Waals surface area contributed by atoms with Crippen molar-refractivity contribution >= 4 is 29.2 Å². The van der Waals surface area contributed by atoms with E-state index in [0.29, 0.717) is 17.4 Å². The van der Waals surface area contributed by atoms with Gasteiger partial charge in [-0.05, 0) is 42.5 Å². The Morgan fingerprint density at radius 2 is 1.92 bits per heavy atom. The molecule has 0 aliphatic carbocycles. The van der Waals surface area contributed by atoms with Gasteiger partial charge in [-0.2, -0.15) is 18.3 Å². The summed E-state index contributed by atoms with van der Waals surface area (Å²) in [5.41, 5.74) is 1.51.